The predicted molar refractivity (Wildman–Crippen MR) is 127 cm³/mol. The summed E-state index contributed by atoms with van der Waals surface area (Å²) in [6, 6.07) is 12.3. The SMILES string of the molecule is C=CCN1C(=O)\C(=[N+]([O-])/C=C/C(=C\c2ccc(Cl)cc2)C(=O)OCC)c2ccc(C)cc21. The average Bonchev–Trinajstić information content (AvgIpc) is 3.03. The summed E-state index contributed by atoms with van der Waals surface area (Å²) in [5.74, 6) is -1.01. The molecule has 0 aromatic heterocycles. The molecular weight excluding hydrogens is 428 g/mol. The van der Waals surface area contributed by atoms with Gasteiger partial charge in [0.15, 0.2) is 6.20 Å². The molecule has 164 valence electrons. The highest BCUT2D eigenvalue weighted by Gasteiger charge is 2.39. The molecule has 2 aromatic carbocycles. The van der Waals surface area contributed by atoms with Gasteiger partial charge in [-0.1, -0.05) is 35.9 Å². The van der Waals surface area contributed by atoms with Crippen molar-refractivity contribution in [3.63, 3.8) is 0 Å². The highest BCUT2D eigenvalue weighted by Crippen LogP contribution is 2.30. The number of fused-ring (bicyclic) bond motifs is 1. The Morgan fingerprint density at radius 3 is 2.62 bits per heavy atom. The molecule has 0 unspecified atom stereocenters. The number of benzene rings is 2. The molecule has 0 spiro atoms. The summed E-state index contributed by atoms with van der Waals surface area (Å²) in [6.45, 7) is 7.76. The summed E-state index contributed by atoms with van der Waals surface area (Å²) in [4.78, 5) is 26.9. The Balaban J connectivity index is 2.03. The van der Waals surface area contributed by atoms with Gasteiger partial charge in [-0.3, -0.25) is 9.69 Å². The van der Waals surface area contributed by atoms with Gasteiger partial charge in [-0.25, -0.2) is 4.79 Å². The van der Waals surface area contributed by atoms with Crippen molar-refractivity contribution in [3.05, 3.63) is 99.9 Å². The zero-order valence-corrected chi connectivity index (χ0v) is 18.6. The van der Waals surface area contributed by atoms with Gasteiger partial charge in [0.1, 0.15) is 0 Å². The number of carbonyl (C=O) groups is 2. The van der Waals surface area contributed by atoms with E-state index in [4.69, 9.17) is 16.3 Å². The first-order valence-corrected chi connectivity index (χ1v) is 10.4. The van der Waals surface area contributed by atoms with Crippen LogP contribution in [0.1, 0.15) is 23.6 Å². The lowest BCUT2D eigenvalue weighted by Gasteiger charge is -2.13. The molecule has 0 bridgehead atoms. The van der Waals surface area contributed by atoms with Crippen LogP contribution in [-0.2, 0) is 14.3 Å². The molecule has 1 aliphatic rings. The molecule has 3 rings (SSSR count). The van der Waals surface area contributed by atoms with E-state index in [1.165, 1.54) is 11.0 Å². The molecule has 0 saturated heterocycles. The van der Waals surface area contributed by atoms with Crippen LogP contribution in [0.3, 0.4) is 0 Å². The molecule has 6 nitrogen and oxygen atoms in total. The lowest BCUT2D eigenvalue weighted by molar-refractivity contribution is -0.376. The monoisotopic (exact) mass is 450 g/mol. The van der Waals surface area contributed by atoms with Crippen molar-refractivity contribution in [1.82, 2.24) is 0 Å². The number of hydrogen-bond donors (Lipinski definition) is 0. The van der Waals surface area contributed by atoms with E-state index in [9.17, 15) is 14.8 Å². The second-order valence-corrected chi connectivity index (χ2v) is 7.52. The van der Waals surface area contributed by atoms with Crippen molar-refractivity contribution in [1.29, 1.82) is 0 Å². The number of hydroxylamine groups is 1. The summed E-state index contributed by atoms with van der Waals surface area (Å²) in [5, 5.41) is 13.5. The van der Waals surface area contributed by atoms with Crippen LogP contribution in [0.15, 0.2) is 73.0 Å². The highest BCUT2D eigenvalue weighted by atomic mass is 35.5. The van der Waals surface area contributed by atoms with E-state index < -0.39 is 11.9 Å². The third kappa shape index (κ3) is 4.98. The molecular formula is C25H23ClN2O4. The maximum Gasteiger partial charge on any atom is 0.338 e. The molecule has 1 heterocycles. The van der Waals surface area contributed by atoms with Crippen molar-refractivity contribution in [2.24, 2.45) is 0 Å². The number of rotatable bonds is 7. The molecule has 0 saturated carbocycles. The van der Waals surface area contributed by atoms with Gasteiger partial charge in [0.05, 0.1) is 23.4 Å². The first kappa shape index (κ1) is 23.0. The number of esters is 1. The first-order chi connectivity index (χ1) is 15.3. The number of halogens is 1. The van der Waals surface area contributed by atoms with Crippen LogP contribution in [0, 0.1) is 12.1 Å². The standard InChI is InChI=1S/C25H23ClN2O4/c1-4-13-27-22-15-17(3)6-11-21(22)23(24(27)29)28(31)14-12-19(25(30)32-5-2)16-18-7-9-20(26)10-8-18/h4,6-12,14-16H,1,5,13H2,2-3H3/b14-12+,19-16+,28-23+. The van der Waals surface area contributed by atoms with Gasteiger partial charge >= 0.3 is 11.9 Å². The third-order valence-corrected chi connectivity index (χ3v) is 5.02. The highest BCUT2D eigenvalue weighted by molar-refractivity contribution is 6.52. The lowest BCUT2D eigenvalue weighted by Crippen LogP contribution is -2.32. The molecule has 1 amide bonds. The first-order valence-electron chi connectivity index (χ1n) is 10.1. The maximum atomic E-state index is 13.0. The Morgan fingerprint density at radius 1 is 1.25 bits per heavy atom. The van der Waals surface area contributed by atoms with Gasteiger partial charge < -0.3 is 9.94 Å². The predicted octanol–water partition coefficient (Wildman–Crippen LogP) is 4.64. The van der Waals surface area contributed by atoms with Crippen LogP contribution >= 0.6 is 11.6 Å². The van der Waals surface area contributed by atoms with Crippen molar-refractivity contribution in [2.45, 2.75) is 13.8 Å². The zero-order valence-electron chi connectivity index (χ0n) is 17.9. The minimum atomic E-state index is -0.584. The quantitative estimate of drug-likeness (QED) is 0.117. The van der Waals surface area contributed by atoms with Gasteiger partial charge in [0.25, 0.3) is 5.71 Å². The molecule has 1 aliphatic heterocycles. The second-order valence-electron chi connectivity index (χ2n) is 7.09. The van der Waals surface area contributed by atoms with E-state index in [-0.39, 0.29) is 24.4 Å². The van der Waals surface area contributed by atoms with E-state index in [0.29, 0.717) is 26.6 Å². The Hall–Kier alpha value is -3.64. The van der Waals surface area contributed by atoms with E-state index in [0.717, 1.165) is 11.8 Å². The fourth-order valence-electron chi connectivity index (χ4n) is 3.29. The number of anilines is 1. The minimum Gasteiger partial charge on any atom is -0.618 e. The van der Waals surface area contributed by atoms with Crippen LogP contribution in [0.25, 0.3) is 6.08 Å². The minimum absolute atomic E-state index is 0.0206. The Labute approximate surface area is 192 Å². The van der Waals surface area contributed by atoms with Gasteiger partial charge in [-0.2, -0.15) is 4.74 Å². The largest absolute Gasteiger partial charge is 0.618 e. The smallest absolute Gasteiger partial charge is 0.338 e. The van der Waals surface area contributed by atoms with E-state index in [1.54, 1.807) is 49.4 Å². The number of amides is 1. The Morgan fingerprint density at radius 2 is 1.97 bits per heavy atom. The summed E-state index contributed by atoms with van der Waals surface area (Å²) in [5.41, 5.74) is 3.00. The molecule has 0 aliphatic carbocycles. The number of carbonyl (C=O) groups excluding carboxylic acids is 2. The molecule has 32 heavy (non-hydrogen) atoms. The molecule has 0 N–H and O–H groups in total. The molecule has 2 aromatic rings. The van der Waals surface area contributed by atoms with E-state index in [1.807, 2.05) is 19.1 Å². The van der Waals surface area contributed by atoms with Crippen LogP contribution in [0.5, 0.6) is 0 Å². The zero-order chi connectivity index (χ0) is 23.3. The molecule has 7 heteroatoms. The van der Waals surface area contributed by atoms with Crippen LogP contribution in [0.2, 0.25) is 5.02 Å². The topological polar surface area (TPSA) is 72.7 Å². The van der Waals surface area contributed by atoms with Crippen molar-refractivity contribution >= 4 is 41.0 Å². The third-order valence-electron chi connectivity index (χ3n) is 4.77. The summed E-state index contributed by atoms with van der Waals surface area (Å²) in [7, 11) is 0. The van der Waals surface area contributed by atoms with Crippen LogP contribution in [-0.4, -0.2) is 35.5 Å². The number of hydrogen-bond acceptors (Lipinski definition) is 4. The normalized spacial score (nSPS) is 15.2. The van der Waals surface area contributed by atoms with Gasteiger partial charge in [-0.15, -0.1) is 6.58 Å². The second kappa shape index (κ2) is 10.1. The number of ether oxygens (including phenoxy) is 1. The molecule has 0 fully saturated rings. The van der Waals surface area contributed by atoms with Crippen molar-refractivity contribution in [3.8, 4) is 0 Å². The van der Waals surface area contributed by atoms with Crippen LogP contribution < -0.4 is 4.90 Å². The van der Waals surface area contributed by atoms with Gasteiger partial charge in [-0.05, 0) is 55.3 Å². The fraction of sp³-hybridized carbons (Fsp3) is 0.160. The lowest BCUT2D eigenvalue weighted by atomic mass is 10.1. The molecule has 0 atom stereocenters. The maximum absolute atomic E-state index is 13.0. The van der Waals surface area contributed by atoms with Gasteiger partial charge in [0, 0.05) is 17.6 Å². The Kier molecular flexibility index (Phi) is 7.28. The Bertz CT molecular complexity index is 1150. The number of nitrogens with zero attached hydrogens (tertiary/aromatic N) is 2. The number of aryl methyl sites for hydroxylation is 1. The summed E-state index contributed by atoms with van der Waals surface area (Å²) in [6.07, 6.45) is 5.67. The summed E-state index contributed by atoms with van der Waals surface area (Å²) >= 11 is 5.92. The van der Waals surface area contributed by atoms with Gasteiger partial charge in [0.2, 0.25) is 0 Å². The van der Waals surface area contributed by atoms with E-state index >= 15 is 0 Å². The summed E-state index contributed by atoms with van der Waals surface area (Å²) < 4.78 is 5.58. The van der Waals surface area contributed by atoms with E-state index in [2.05, 4.69) is 6.58 Å². The average molecular weight is 451 g/mol. The molecule has 0 radical (unpaired) electrons. The van der Waals surface area contributed by atoms with Crippen molar-refractivity contribution < 1.29 is 19.1 Å². The van der Waals surface area contributed by atoms with Crippen molar-refractivity contribution in [2.75, 3.05) is 18.1 Å². The van der Waals surface area contributed by atoms with Crippen LogP contribution in [0.4, 0.5) is 5.69 Å². The fourth-order valence-corrected chi connectivity index (χ4v) is 3.42.